The first-order valence-electron chi connectivity index (χ1n) is 9.16. The SMILES string of the molecule is CC(C)(C)OC(=O)N1CCC(Oc2ccc(C#C[Si](C)(C)C)nc2)CC1. The molecule has 142 valence electrons. The van der Waals surface area contributed by atoms with E-state index in [1.807, 2.05) is 32.9 Å². The molecular formula is C20H30N2O3Si. The zero-order chi connectivity index (χ0) is 19.4. The molecule has 1 aromatic rings. The van der Waals surface area contributed by atoms with Crippen molar-refractivity contribution in [3.8, 4) is 17.2 Å². The van der Waals surface area contributed by atoms with Crippen molar-refractivity contribution in [1.29, 1.82) is 0 Å². The summed E-state index contributed by atoms with van der Waals surface area (Å²) < 4.78 is 11.4. The maximum atomic E-state index is 12.1. The molecule has 0 spiro atoms. The van der Waals surface area contributed by atoms with E-state index in [-0.39, 0.29) is 12.2 Å². The Balaban J connectivity index is 1.84. The third-order valence-corrected chi connectivity index (χ3v) is 4.57. The molecule has 0 aromatic carbocycles. The number of hydrogen-bond donors (Lipinski definition) is 0. The lowest BCUT2D eigenvalue weighted by molar-refractivity contribution is 0.0126. The Kier molecular flexibility index (Phi) is 6.35. The summed E-state index contributed by atoms with van der Waals surface area (Å²) in [5.41, 5.74) is 3.62. The molecular weight excluding hydrogens is 344 g/mol. The Morgan fingerprint density at radius 1 is 1.23 bits per heavy atom. The van der Waals surface area contributed by atoms with Crippen LogP contribution in [0.1, 0.15) is 39.3 Å². The molecule has 1 aliphatic heterocycles. The minimum Gasteiger partial charge on any atom is -0.489 e. The van der Waals surface area contributed by atoms with E-state index < -0.39 is 13.7 Å². The average molecular weight is 375 g/mol. The van der Waals surface area contributed by atoms with Crippen molar-refractivity contribution in [1.82, 2.24) is 9.88 Å². The zero-order valence-electron chi connectivity index (χ0n) is 16.8. The van der Waals surface area contributed by atoms with E-state index >= 15 is 0 Å². The minimum atomic E-state index is -1.39. The van der Waals surface area contributed by atoms with E-state index in [9.17, 15) is 4.79 Å². The second kappa shape index (κ2) is 8.13. The molecule has 1 saturated heterocycles. The highest BCUT2D eigenvalue weighted by atomic mass is 28.3. The molecule has 6 heteroatoms. The van der Waals surface area contributed by atoms with Crippen molar-refractivity contribution in [2.75, 3.05) is 13.1 Å². The number of aromatic nitrogens is 1. The van der Waals surface area contributed by atoms with E-state index in [1.165, 1.54) is 0 Å². The van der Waals surface area contributed by atoms with Crippen molar-refractivity contribution in [3.05, 3.63) is 24.0 Å². The van der Waals surface area contributed by atoms with Crippen LogP contribution in [0.15, 0.2) is 18.3 Å². The number of hydrogen-bond acceptors (Lipinski definition) is 4. The van der Waals surface area contributed by atoms with Gasteiger partial charge in [-0.3, -0.25) is 0 Å². The normalized spacial score (nSPS) is 15.8. The summed E-state index contributed by atoms with van der Waals surface area (Å²) in [7, 11) is -1.39. The maximum absolute atomic E-state index is 12.1. The summed E-state index contributed by atoms with van der Waals surface area (Å²) in [6, 6.07) is 3.82. The van der Waals surface area contributed by atoms with Gasteiger partial charge in [0.1, 0.15) is 31.2 Å². The second-order valence-corrected chi connectivity index (χ2v) is 13.4. The average Bonchev–Trinajstić information content (AvgIpc) is 2.52. The van der Waals surface area contributed by atoms with Crippen LogP contribution in [0, 0.1) is 11.5 Å². The predicted molar refractivity (Wildman–Crippen MR) is 106 cm³/mol. The van der Waals surface area contributed by atoms with Crippen LogP contribution in [0.25, 0.3) is 0 Å². The van der Waals surface area contributed by atoms with Crippen molar-refractivity contribution >= 4 is 14.2 Å². The fourth-order valence-corrected chi connectivity index (χ4v) is 2.95. The number of carbonyl (C=O) groups is 1. The van der Waals surface area contributed by atoms with Crippen LogP contribution in [-0.4, -0.2) is 48.8 Å². The lowest BCUT2D eigenvalue weighted by Gasteiger charge is -2.33. The molecule has 26 heavy (non-hydrogen) atoms. The van der Waals surface area contributed by atoms with Crippen LogP contribution in [-0.2, 0) is 4.74 Å². The molecule has 0 atom stereocenters. The summed E-state index contributed by atoms with van der Waals surface area (Å²) in [4.78, 5) is 18.2. The van der Waals surface area contributed by atoms with Crippen LogP contribution >= 0.6 is 0 Å². The predicted octanol–water partition coefficient (Wildman–Crippen LogP) is 4.09. The number of amides is 1. The van der Waals surface area contributed by atoms with Crippen LogP contribution in [0.5, 0.6) is 5.75 Å². The quantitative estimate of drug-likeness (QED) is 0.578. The van der Waals surface area contributed by atoms with Crippen LogP contribution in [0.3, 0.4) is 0 Å². The number of carbonyl (C=O) groups excluding carboxylic acids is 1. The Morgan fingerprint density at radius 3 is 2.38 bits per heavy atom. The fraction of sp³-hybridized carbons (Fsp3) is 0.600. The van der Waals surface area contributed by atoms with Gasteiger partial charge in [0.25, 0.3) is 0 Å². The summed E-state index contributed by atoms with van der Waals surface area (Å²) in [6.07, 6.45) is 3.15. The van der Waals surface area contributed by atoms with Gasteiger partial charge in [-0.15, -0.1) is 5.54 Å². The van der Waals surface area contributed by atoms with Gasteiger partial charge in [-0.25, -0.2) is 9.78 Å². The lowest BCUT2D eigenvalue weighted by Crippen LogP contribution is -2.44. The molecule has 2 rings (SSSR count). The van der Waals surface area contributed by atoms with Crippen molar-refractivity contribution in [2.24, 2.45) is 0 Å². The van der Waals surface area contributed by atoms with Crippen LogP contribution < -0.4 is 4.74 Å². The van der Waals surface area contributed by atoms with Crippen molar-refractivity contribution in [3.63, 3.8) is 0 Å². The highest BCUT2D eigenvalue weighted by Crippen LogP contribution is 2.20. The van der Waals surface area contributed by atoms with Crippen molar-refractivity contribution in [2.45, 2.75) is 65.0 Å². The largest absolute Gasteiger partial charge is 0.489 e. The molecule has 0 unspecified atom stereocenters. The van der Waals surface area contributed by atoms with E-state index in [0.29, 0.717) is 13.1 Å². The molecule has 0 N–H and O–H groups in total. The topological polar surface area (TPSA) is 51.7 Å². The Hall–Kier alpha value is -2.00. The molecule has 0 radical (unpaired) electrons. The first-order chi connectivity index (χ1) is 12.0. The highest BCUT2D eigenvalue weighted by Gasteiger charge is 2.27. The molecule has 1 fully saturated rings. The van der Waals surface area contributed by atoms with Gasteiger partial charge in [0, 0.05) is 25.9 Å². The van der Waals surface area contributed by atoms with Crippen LogP contribution in [0.2, 0.25) is 19.6 Å². The Bertz CT molecular complexity index is 670. The summed E-state index contributed by atoms with van der Waals surface area (Å²) in [5, 5.41) is 0. The summed E-state index contributed by atoms with van der Waals surface area (Å²) in [6.45, 7) is 13.6. The molecule has 0 saturated carbocycles. The number of nitrogens with zero attached hydrogens (tertiary/aromatic N) is 2. The number of rotatable bonds is 2. The van der Waals surface area contributed by atoms with E-state index in [1.54, 1.807) is 11.1 Å². The standard InChI is InChI=1S/C20H30N2O3Si/c1-20(2,3)25-19(23)22-12-9-17(10-13-22)24-18-8-7-16(21-15-18)11-14-26(4,5)6/h7-8,15,17H,9-10,12-13H2,1-6H3. The highest BCUT2D eigenvalue weighted by molar-refractivity contribution is 6.83. The van der Waals surface area contributed by atoms with Gasteiger partial charge in [-0.05, 0) is 32.9 Å². The van der Waals surface area contributed by atoms with Gasteiger partial charge in [-0.2, -0.15) is 0 Å². The number of ether oxygens (including phenoxy) is 2. The monoisotopic (exact) mass is 374 g/mol. The van der Waals surface area contributed by atoms with Gasteiger partial charge in [-0.1, -0.05) is 25.6 Å². The second-order valence-electron chi connectivity index (χ2n) is 8.66. The molecule has 1 aromatic heterocycles. The van der Waals surface area contributed by atoms with E-state index in [2.05, 4.69) is 36.1 Å². The summed E-state index contributed by atoms with van der Waals surface area (Å²) >= 11 is 0. The molecule has 1 aliphatic rings. The van der Waals surface area contributed by atoms with Gasteiger partial charge in [0.05, 0.1) is 6.20 Å². The maximum Gasteiger partial charge on any atom is 0.410 e. The van der Waals surface area contributed by atoms with Crippen molar-refractivity contribution < 1.29 is 14.3 Å². The molecule has 5 nitrogen and oxygen atoms in total. The van der Waals surface area contributed by atoms with Gasteiger partial charge >= 0.3 is 6.09 Å². The summed E-state index contributed by atoms with van der Waals surface area (Å²) in [5.74, 6) is 3.89. The molecule has 0 aliphatic carbocycles. The third-order valence-electron chi connectivity index (χ3n) is 3.70. The minimum absolute atomic E-state index is 0.0920. The van der Waals surface area contributed by atoms with Crippen LogP contribution in [0.4, 0.5) is 4.79 Å². The number of pyridine rings is 1. The molecule has 1 amide bonds. The van der Waals surface area contributed by atoms with Gasteiger partial charge < -0.3 is 14.4 Å². The smallest absolute Gasteiger partial charge is 0.410 e. The lowest BCUT2D eigenvalue weighted by atomic mass is 10.1. The Labute approximate surface area is 158 Å². The first-order valence-corrected chi connectivity index (χ1v) is 12.7. The number of likely N-dealkylation sites (tertiary alicyclic amines) is 1. The molecule has 0 bridgehead atoms. The Morgan fingerprint density at radius 2 is 1.88 bits per heavy atom. The van der Waals surface area contributed by atoms with E-state index in [4.69, 9.17) is 9.47 Å². The third kappa shape index (κ3) is 7.09. The number of piperidine rings is 1. The van der Waals surface area contributed by atoms with Gasteiger partial charge in [0.2, 0.25) is 0 Å². The van der Waals surface area contributed by atoms with Gasteiger partial charge in [0.15, 0.2) is 0 Å². The van der Waals surface area contributed by atoms with E-state index in [0.717, 1.165) is 24.3 Å². The molecule has 2 heterocycles. The zero-order valence-corrected chi connectivity index (χ0v) is 17.8. The first kappa shape index (κ1) is 20.3. The fourth-order valence-electron chi connectivity index (χ4n) is 2.45.